The number of aromatic nitrogens is 3. The molecular weight excluding hydrogens is 304 g/mol. The van der Waals surface area contributed by atoms with Gasteiger partial charge in [0.25, 0.3) is 10.0 Å². The number of para-hydroxylation sites is 1. The molecule has 1 aliphatic rings. The Bertz CT molecular complexity index is 811. The highest BCUT2D eigenvalue weighted by Gasteiger charge is 2.32. The molecule has 2 heterocycles. The first kappa shape index (κ1) is 14.8. The molecule has 0 unspecified atom stereocenters. The maximum atomic E-state index is 12.6. The van der Waals surface area contributed by atoms with Gasteiger partial charge in [-0.2, -0.15) is 0 Å². The maximum Gasteiger partial charge on any atom is 0.266 e. The summed E-state index contributed by atoms with van der Waals surface area (Å²) in [7, 11) is -2.12. The molecule has 8 heteroatoms. The van der Waals surface area contributed by atoms with Crippen LogP contribution in [-0.2, 0) is 23.5 Å². The van der Waals surface area contributed by atoms with Crippen molar-refractivity contribution in [3.8, 4) is 5.75 Å². The minimum atomic E-state index is -3.78. The lowest BCUT2D eigenvalue weighted by Gasteiger charge is -2.33. The predicted octanol–water partition coefficient (Wildman–Crippen LogP) is 1.72. The Morgan fingerprint density at radius 2 is 2.14 bits per heavy atom. The summed E-state index contributed by atoms with van der Waals surface area (Å²) >= 11 is 0. The number of anilines is 1. The van der Waals surface area contributed by atoms with Crippen molar-refractivity contribution in [2.24, 2.45) is 7.05 Å². The Balaban J connectivity index is 2.01. The number of benzene rings is 1. The fourth-order valence-electron chi connectivity index (χ4n) is 2.44. The Labute approximate surface area is 129 Å². The number of hydrogen-bond donors (Lipinski definition) is 1. The third kappa shape index (κ3) is 2.78. The fourth-order valence-corrected chi connectivity index (χ4v) is 3.59. The molecule has 1 N–H and O–H groups in total. The molecule has 0 spiro atoms. The van der Waals surface area contributed by atoms with Gasteiger partial charge in [-0.3, -0.25) is 9.40 Å². The van der Waals surface area contributed by atoms with Crippen molar-refractivity contribution in [2.75, 3.05) is 4.72 Å². The zero-order chi connectivity index (χ0) is 16.0. The van der Waals surface area contributed by atoms with E-state index in [9.17, 15) is 8.42 Å². The summed E-state index contributed by atoms with van der Waals surface area (Å²) in [5, 5.41) is 7.46. The summed E-state index contributed by atoms with van der Waals surface area (Å²) in [6.07, 6.45) is 3.13. The molecule has 0 fully saturated rings. The summed E-state index contributed by atoms with van der Waals surface area (Å²) in [5.74, 6) is 0.602. The lowest BCUT2D eigenvalue weighted by atomic mass is 9.94. The Kier molecular flexibility index (Phi) is 3.36. The van der Waals surface area contributed by atoms with Crippen LogP contribution in [0.2, 0.25) is 0 Å². The van der Waals surface area contributed by atoms with Crippen LogP contribution >= 0.6 is 0 Å². The third-order valence-electron chi connectivity index (χ3n) is 3.57. The number of nitrogens with zero attached hydrogens (tertiary/aromatic N) is 3. The van der Waals surface area contributed by atoms with Crippen molar-refractivity contribution < 1.29 is 13.2 Å². The molecule has 0 bridgehead atoms. The minimum Gasteiger partial charge on any atom is -0.486 e. The van der Waals surface area contributed by atoms with Crippen LogP contribution in [0.15, 0.2) is 29.3 Å². The molecule has 1 aromatic heterocycles. The molecule has 0 amide bonds. The van der Waals surface area contributed by atoms with E-state index in [2.05, 4.69) is 15.0 Å². The highest BCUT2D eigenvalue weighted by Crippen LogP contribution is 2.38. The van der Waals surface area contributed by atoms with Crippen LogP contribution in [0.3, 0.4) is 0 Å². The van der Waals surface area contributed by atoms with Crippen LogP contribution in [0.4, 0.5) is 5.82 Å². The predicted molar refractivity (Wildman–Crippen MR) is 81.3 cm³/mol. The van der Waals surface area contributed by atoms with Crippen molar-refractivity contribution in [3.05, 3.63) is 30.0 Å². The first-order valence-electron chi connectivity index (χ1n) is 6.97. The van der Waals surface area contributed by atoms with Gasteiger partial charge in [0.1, 0.15) is 16.2 Å². The van der Waals surface area contributed by atoms with Crippen LogP contribution in [0.1, 0.15) is 25.8 Å². The normalized spacial score (nSPS) is 16.7. The average Bonchev–Trinajstić information content (AvgIpc) is 2.81. The van der Waals surface area contributed by atoms with Crippen LogP contribution in [-0.4, -0.2) is 29.0 Å². The van der Waals surface area contributed by atoms with Gasteiger partial charge in [-0.05, 0) is 38.3 Å². The largest absolute Gasteiger partial charge is 0.486 e. The average molecular weight is 322 g/mol. The smallest absolute Gasteiger partial charge is 0.266 e. The first-order valence-corrected chi connectivity index (χ1v) is 8.45. The molecule has 1 aliphatic heterocycles. The first-order chi connectivity index (χ1) is 10.3. The maximum absolute atomic E-state index is 12.6. The highest BCUT2D eigenvalue weighted by molar-refractivity contribution is 7.92. The second-order valence-electron chi connectivity index (χ2n) is 5.99. The van der Waals surface area contributed by atoms with Crippen molar-refractivity contribution in [1.82, 2.24) is 15.0 Å². The van der Waals surface area contributed by atoms with Crippen LogP contribution in [0, 0.1) is 0 Å². The zero-order valence-corrected chi connectivity index (χ0v) is 13.5. The molecule has 0 saturated carbocycles. The van der Waals surface area contributed by atoms with Gasteiger partial charge in [-0.25, -0.2) is 8.42 Å². The molecule has 0 saturated heterocycles. The van der Waals surface area contributed by atoms with E-state index in [-0.39, 0.29) is 16.3 Å². The third-order valence-corrected chi connectivity index (χ3v) is 4.94. The van der Waals surface area contributed by atoms with Gasteiger partial charge in [0.05, 0.1) is 6.20 Å². The van der Waals surface area contributed by atoms with Crippen molar-refractivity contribution in [2.45, 2.75) is 37.2 Å². The number of nitrogens with one attached hydrogen (secondary N) is 1. The van der Waals surface area contributed by atoms with Crippen LogP contribution < -0.4 is 9.46 Å². The SMILES string of the molecule is Cn1cc(NS(=O)(=O)c2cccc3c2OC(C)(C)CC3)nn1. The van der Waals surface area contributed by atoms with Gasteiger partial charge in [0.2, 0.25) is 0 Å². The Morgan fingerprint density at radius 1 is 1.36 bits per heavy atom. The molecule has 0 aliphatic carbocycles. The molecule has 118 valence electrons. The van der Waals surface area contributed by atoms with E-state index < -0.39 is 10.0 Å². The second kappa shape index (κ2) is 4.98. The van der Waals surface area contributed by atoms with Crippen molar-refractivity contribution in [1.29, 1.82) is 0 Å². The summed E-state index contributed by atoms with van der Waals surface area (Å²) in [4.78, 5) is 0.128. The second-order valence-corrected chi connectivity index (χ2v) is 7.64. The lowest BCUT2D eigenvalue weighted by Crippen LogP contribution is -2.33. The molecular formula is C14H18N4O3S. The van der Waals surface area contributed by atoms with Crippen LogP contribution in [0.25, 0.3) is 0 Å². The van der Waals surface area contributed by atoms with Gasteiger partial charge in [0, 0.05) is 7.05 Å². The van der Waals surface area contributed by atoms with E-state index in [0.717, 1.165) is 18.4 Å². The summed E-state index contributed by atoms with van der Waals surface area (Å²) in [5.41, 5.74) is 0.520. The summed E-state index contributed by atoms with van der Waals surface area (Å²) in [6.45, 7) is 3.91. The van der Waals surface area contributed by atoms with E-state index >= 15 is 0 Å². The minimum absolute atomic E-state index is 0.128. The number of ether oxygens (including phenoxy) is 1. The molecule has 1 aromatic carbocycles. The van der Waals surface area contributed by atoms with Gasteiger partial charge in [-0.1, -0.05) is 17.3 Å². The van der Waals surface area contributed by atoms with Gasteiger partial charge in [-0.15, -0.1) is 5.10 Å². The quantitative estimate of drug-likeness (QED) is 0.930. The topological polar surface area (TPSA) is 86.1 Å². The van der Waals surface area contributed by atoms with E-state index in [1.165, 1.54) is 10.9 Å². The number of sulfonamides is 1. The fraction of sp³-hybridized carbons (Fsp3) is 0.429. The Hall–Kier alpha value is -2.09. The highest BCUT2D eigenvalue weighted by atomic mass is 32.2. The van der Waals surface area contributed by atoms with E-state index in [1.54, 1.807) is 19.2 Å². The molecule has 0 atom stereocenters. The van der Waals surface area contributed by atoms with E-state index in [0.29, 0.717) is 5.75 Å². The number of rotatable bonds is 3. The van der Waals surface area contributed by atoms with Crippen molar-refractivity contribution in [3.63, 3.8) is 0 Å². The van der Waals surface area contributed by atoms with Gasteiger partial charge in [0.15, 0.2) is 5.82 Å². The molecule has 0 radical (unpaired) electrons. The molecule has 7 nitrogen and oxygen atoms in total. The van der Waals surface area contributed by atoms with Gasteiger partial charge < -0.3 is 4.74 Å². The summed E-state index contributed by atoms with van der Waals surface area (Å²) in [6, 6.07) is 5.16. The summed E-state index contributed by atoms with van der Waals surface area (Å²) < 4.78 is 35.0. The van der Waals surface area contributed by atoms with Crippen LogP contribution in [0.5, 0.6) is 5.75 Å². The number of fused-ring (bicyclic) bond motifs is 1. The molecule has 22 heavy (non-hydrogen) atoms. The standard InChI is InChI=1S/C14H18N4O3S/c1-14(2)8-7-10-5-4-6-11(13(10)21-14)22(19,20)16-12-9-18(3)17-15-12/h4-6,9,16H,7-8H2,1-3H3. The molecule has 2 aromatic rings. The molecule has 3 rings (SSSR count). The number of hydrogen-bond acceptors (Lipinski definition) is 5. The van der Waals surface area contributed by atoms with Gasteiger partial charge >= 0.3 is 0 Å². The monoisotopic (exact) mass is 322 g/mol. The zero-order valence-electron chi connectivity index (χ0n) is 12.7. The van der Waals surface area contributed by atoms with Crippen molar-refractivity contribution >= 4 is 15.8 Å². The van der Waals surface area contributed by atoms with E-state index in [4.69, 9.17) is 4.74 Å². The lowest BCUT2D eigenvalue weighted by molar-refractivity contribution is 0.0806. The Morgan fingerprint density at radius 3 is 2.82 bits per heavy atom. The van der Waals surface area contributed by atoms with E-state index in [1.807, 2.05) is 19.9 Å². The number of aryl methyl sites for hydroxylation is 2.